The first-order valence-electron chi connectivity index (χ1n) is 12.6. The number of hydrogen-bond donors (Lipinski definition) is 1. The number of methoxy groups -OCH3 is 1. The summed E-state index contributed by atoms with van der Waals surface area (Å²) in [4.78, 5) is 19.0. The zero-order valence-electron chi connectivity index (χ0n) is 21.0. The molecule has 2 aromatic rings. The number of nitrogens with zero attached hydrogens (tertiary/aromatic N) is 2. The zero-order valence-corrected chi connectivity index (χ0v) is 21.8. The number of aliphatic hydroxyl groups is 1. The molecule has 1 aliphatic heterocycles. The third-order valence-corrected chi connectivity index (χ3v) is 7.52. The van der Waals surface area contributed by atoms with Gasteiger partial charge in [-0.25, -0.2) is 0 Å². The minimum Gasteiger partial charge on any atom is -0.497 e. The molecule has 1 aliphatic carbocycles. The highest BCUT2D eigenvalue weighted by molar-refractivity contribution is 7.10. The van der Waals surface area contributed by atoms with Crippen LogP contribution in [0.1, 0.15) is 43.2 Å². The number of aliphatic hydroxyl groups excluding tert-OH is 1. The van der Waals surface area contributed by atoms with Crippen LogP contribution in [0.15, 0.2) is 35.7 Å². The monoisotopic (exact) mass is 502 g/mol. The lowest BCUT2D eigenvalue weighted by atomic mass is 10.0. The molecule has 1 N–H and O–H groups in total. The van der Waals surface area contributed by atoms with Crippen molar-refractivity contribution in [2.75, 3.05) is 46.5 Å². The predicted molar refractivity (Wildman–Crippen MR) is 137 cm³/mol. The van der Waals surface area contributed by atoms with Gasteiger partial charge in [0.1, 0.15) is 18.1 Å². The Morgan fingerprint density at radius 1 is 1.26 bits per heavy atom. The van der Waals surface area contributed by atoms with Crippen LogP contribution in [0.4, 0.5) is 0 Å². The van der Waals surface area contributed by atoms with Gasteiger partial charge < -0.3 is 24.2 Å². The summed E-state index contributed by atoms with van der Waals surface area (Å²) in [5, 5.41) is 12.6. The van der Waals surface area contributed by atoms with Crippen molar-refractivity contribution in [1.82, 2.24) is 9.80 Å². The number of carbonyl (C=O) groups excluding carboxylic acids is 1. The van der Waals surface area contributed by atoms with Gasteiger partial charge in [-0.3, -0.25) is 9.69 Å². The van der Waals surface area contributed by atoms with E-state index in [0.717, 1.165) is 24.5 Å². The first-order valence-corrected chi connectivity index (χ1v) is 13.5. The normalized spacial score (nSPS) is 18.6. The molecule has 8 heteroatoms. The highest BCUT2D eigenvalue weighted by Crippen LogP contribution is 2.35. The van der Waals surface area contributed by atoms with E-state index in [0.29, 0.717) is 32.2 Å². The van der Waals surface area contributed by atoms with Gasteiger partial charge in [-0.05, 0) is 68.2 Å². The van der Waals surface area contributed by atoms with Gasteiger partial charge in [-0.15, -0.1) is 11.3 Å². The van der Waals surface area contributed by atoms with Crippen LogP contribution >= 0.6 is 11.3 Å². The number of thiophene rings is 1. The summed E-state index contributed by atoms with van der Waals surface area (Å²) in [6, 6.07) is 9.54. The Balaban J connectivity index is 1.43. The summed E-state index contributed by atoms with van der Waals surface area (Å²) in [6.07, 6.45) is 2.72. The van der Waals surface area contributed by atoms with Gasteiger partial charge in [0.15, 0.2) is 0 Å². The smallest absolute Gasteiger partial charge is 0.237 e. The van der Waals surface area contributed by atoms with Crippen LogP contribution in [-0.4, -0.2) is 79.5 Å². The second kappa shape index (κ2) is 12.2. The Bertz CT molecular complexity index is 961. The van der Waals surface area contributed by atoms with Crippen molar-refractivity contribution in [2.45, 2.75) is 51.4 Å². The summed E-state index contributed by atoms with van der Waals surface area (Å²) in [7, 11) is 1.64. The molecule has 0 unspecified atom stereocenters. The van der Waals surface area contributed by atoms with Crippen LogP contribution in [0.5, 0.6) is 11.5 Å². The Labute approximate surface area is 212 Å². The molecule has 192 valence electrons. The molecule has 0 bridgehead atoms. The second-order valence-corrected chi connectivity index (χ2v) is 10.8. The minimum atomic E-state index is -0.610. The highest BCUT2D eigenvalue weighted by Gasteiger charge is 2.34. The largest absolute Gasteiger partial charge is 0.497 e. The van der Waals surface area contributed by atoms with Crippen LogP contribution in [0.2, 0.25) is 0 Å². The third-order valence-electron chi connectivity index (χ3n) is 6.53. The second-order valence-electron chi connectivity index (χ2n) is 9.82. The van der Waals surface area contributed by atoms with Crippen LogP contribution in [0.3, 0.4) is 0 Å². The van der Waals surface area contributed by atoms with Crippen LogP contribution < -0.4 is 9.47 Å². The molecule has 2 atom stereocenters. The topological polar surface area (TPSA) is 71.5 Å². The summed E-state index contributed by atoms with van der Waals surface area (Å²) in [6.45, 7) is 6.84. The van der Waals surface area contributed by atoms with E-state index in [-0.39, 0.29) is 24.7 Å². The minimum absolute atomic E-state index is 0.0710. The van der Waals surface area contributed by atoms with Gasteiger partial charge in [0.25, 0.3) is 0 Å². The Morgan fingerprint density at radius 3 is 2.80 bits per heavy atom. The quantitative estimate of drug-likeness (QED) is 0.450. The fourth-order valence-corrected chi connectivity index (χ4v) is 5.47. The summed E-state index contributed by atoms with van der Waals surface area (Å²) in [5.41, 5.74) is 1.18. The lowest BCUT2D eigenvalue weighted by molar-refractivity contribution is -0.136. The Morgan fingerprint density at radius 2 is 2.06 bits per heavy atom. The molecule has 7 nitrogen and oxygen atoms in total. The van der Waals surface area contributed by atoms with Gasteiger partial charge in [0, 0.05) is 30.6 Å². The van der Waals surface area contributed by atoms with E-state index in [4.69, 9.17) is 14.2 Å². The van der Waals surface area contributed by atoms with E-state index in [1.54, 1.807) is 18.4 Å². The number of amides is 1. The lowest BCUT2D eigenvalue weighted by Crippen LogP contribution is -2.48. The summed E-state index contributed by atoms with van der Waals surface area (Å²) < 4.78 is 17.1. The van der Waals surface area contributed by atoms with Gasteiger partial charge in [0.2, 0.25) is 5.91 Å². The average molecular weight is 503 g/mol. The van der Waals surface area contributed by atoms with Crippen molar-refractivity contribution < 1.29 is 24.1 Å². The van der Waals surface area contributed by atoms with Gasteiger partial charge in [0.05, 0.1) is 38.5 Å². The standard InChI is InChI=1S/C27H38N2O5S/c1-19(2)33-17-21(30)15-28(14-20-7-8-20)16-27(31)29-11-9-26-24(10-12-35-26)25(29)18-34-23-6-4-5-22(13-23)32-3/h4-6,10,12-13,19-21,25,30H,7-9,11,14-18H2,1-3H3/t21-,25-/m1/s1. The molecular weight excluding hydrogens is 464 g/mol. The van der Waals surface area contributed by atoms with Crippen molar-refractivity contribution in [3.05, 3.63) is 46.2 Å². The molecule has 1 aromatic carbocycles. The SMILES string of the molecule is COc1cccc(OC[C@@H]2c3ccsc3CCN2C(=O)CN(CC2CC2)C[C@@H](O)COC(C)C)c1. The maximum absolute atomic E-state index is 13.6. The fraction of sp³-hybridized carbons (Fsp3) is 0.593. The van der Waals surface area contributed by atoms with E-state index in [1.165, 1.54) is 23.3 Å². The molecule has 1 aromatic heterocycles. The Kier molecular flexibility index (Phi) is 9.05. The molecule has 0 spiro atoms. The molecule has 4 rings (SSSR count). The molecular formula is C27H38N2O5S. The number of ether oxygens (including phenoxy) is 3. The van der Waals surface area contributed by atoms with Crippen LogP contribution in [0.25, 0.3) is 0 Å². The molecule has 2 heterocycles. The van der Waals surface area contributed by atoms with Crippen LogP contribution in [-0.2, 0) is 16.0 Å². The van der Waals surface area contributed by atoms with E-state index in [1.807, 2.05) is 43.0 Å². The number of carbonyl (C=O) groups is 1. The molecule has 1 amide bonds. The molecule has 1 saturated carbocycles. The first-order chi connectivity index (χ1) is 16.9. The summed E-state index contributed by atoms with van der Waals surface area (Å²) in [5.74, 6) is 2.17. The molecule has 2 aliphatic rings. The van der Waals surface area contributed by atoms with E-state index in [2.05, 4.69) is 16.3 Å². The zero-order chi connectivity index (χ0) is 24.8. The van der Waals surface area contributed by atoms with E-state index >= 15 is 0 Å². The van der Waals surface area contributed by atoms with Crippen molar-refractivity contribution in [3.63, 3.8) is 0 Å². The average Bonchev–Trinajstić information content (AvgIpc) is 3.52. The number of benzene rings is 1. The number of rotatable bonds is 13. The molecule has 1 fully saturated rings. The van der Waals surface area contributed by atoms with Crippen molar-refractivity contribution >= 4 is 17.2 Å². The van der Waals surface area contributed by atoms with Crippen molar-refractivity contribution in [2.24, 2.45) is 5.92 Å². The summed E-state index contributed by atoms with van der Waals surface area (Å²) >= 11 is 1.75. The van der Waals surface area contributed by atoms with Crippen molar-refractivity contribution in [3.8, 4) is 11.5 Å². The maximum Gasteiger partial charge on any atom is 0.237 e. The van der Waals surface area contributed by atoms with Gasteiger partial charge in [-0.2, -0.15) is 0 Å². The molecule has 0 saturated heterocycles. The Hall–Kier alpha value is -2.13. The number of hydrogen-bond acceptors (Lipinski definition) is 7. The third kappa shape index (κ3) is 7.43. The molecule has 35 heavy (non-hydrogen) atoms. The van der Waals surface area contributed by atoms with E-state index in [9.17, 15) is 9.90 Å². The van der Waals surface area contributed by atoms with E-state index < -0.39 is 6.10 Å². The molecule has 0 radical (unpaired) electrons. The number of fused-ring (bicyclic) bond motifs is 1. The van der Waals surface area contributed by atoms with Gasteiger partial charge in [-0.1, -0.05) is 6.07 Å². The lowest BCUT2D eigenvalue weighted by Gasteiger charge is -2.37. The maximum atomic E-state index is 13.6. The predicted octanol–water partition coefficient (Wildman–Crippen LogP) is 3.76. The van der Waals surface area contributed by atoms with Gasteiger partial charge >= 0.3 is 0 Å². The highest BCUT2D eigenvalue weighted by atomic mass is 32.1. The first kappa shape index (κ1) is 25.9. The van der Waals surface area contributed by atoms with Crippen LogP contribution in [0, 0.1) is 5.92 Å². The van der Waals surface area contributed by atoms with Crippen molar-refractivity contribution in [1.29, 1.82) is 0 Å². The fourth-order valence-electron chi connectivity index (χ4n) is 4.55.